The Morgan fingerprint density at radius 1 is 1.32 bits per heavy atom. The first-order valence-corrected chi connectivity index (χ1v) is 9.47. The smallest absolute Gasteiger partial charge is 0.264 e. The minimum atomic E-state index is -4.01. The number of benzene rings is 1. The highest BCUT2D eigenvalue weighted by Crippen LogP contribution is 2.31. The minimum absolute atomic E-state index is 0.0366. The number of ether oxygens (including phenoxy) is 1. The van der Waals surface area contributed by atoms with E-state index in [1.807, 2.05) is 17.2 Å². The number of methoxy groups -OCH3 is 1. The first-order valence-electron chi connectivity index (χ1n) is 7.23. The van der Waals surface area contributed by atoms with Gasteiger partial charge in [0.15, 0.2) is 5.82 Å². The third-order valence-electron chi connectivity index (χ3n) is 3.47. The van der Waals surface area contributed by atoms with Crippen molar-refractivity contribution in [2.45, 2.75) is 11.3 Å². The summed E-state index contributed by atoms with van der Waals surface area (Å²) in [5.41, 5.74) is 0. The number of nitrogens with zero attached hydrogens (tertiary/aromatic N) is 3. The van der Waals surface area contributed by atoms with Crippen molar-refractivity contribution in [1.29, 1.82) is 0 Å². The van der Waals surface area contributed by atoms with Gasteiger partial charge >= 0.3 is 0 Å². The zero-order valence-corrected chi connectivity index (χ0v) is 15.4. The molecule has 3 rings (SSSR count). The highest BCUT2D eigenvalue weighted by atomic mass is 35.5. The van der Waals surface area contributed by atoms with Gasteiger partial charge in [0.05, 0.1) is 23.4 Å². The Bertz CT molecular complexity index is 934. The quantitative estimate of drug-likeness (QED) is 0.828. The summed E-state index contributed by atoms with van der Waals surface area (Å²) in [6.07, 6.45) is 6.27. The lowest BCUT2D eigenvalue weighted by Gasteiger charge is -2.16. The summed E-state index contributed by atoms with van der Waals surface area (Å²) in [5.74, 6) is 0.583. The van der Waals surface area contributed by atoms with E-state index >= 15 is 0 Å². The van der Waals surface area contributed by atoms with E-state index in [-0.39, 0.29) is 26.6 Å². The van der Waals surface area contributed by atoms with Crippen LogP contribution in [0.1, 0.15) is 6.42 Å². The molecule has 2 heterocycles. The van der Waals surface area contributed by atoms with Crippen molar-refractivity contribution in [3.8, 4) is 5.88 Å². The molecule has 132 valence electrons. The van der Waals surface area contributed by atoms with Gasteiger partial charge in [0.1, 0.15) is 4.90 Å². The lowest BCUT2D eigenvalue weighted by molar-refractivity contribution is 0.398. The molecular weight excluding hydrogens is 387 g/mol. The van der Waals surface area contributed by atoms with Crippen molar-refractivity contribution < 1.29 is 13.2 Å². The minimum Gasteiger partial charge on any atom is -0.478 e. The van der Waals surface area contributed by atoms with Gasteiger partial charge in [0.2, 0.25) is 5.82 Å². The van der Waals surface area contributed by atoms with E-state index in [1.54, 1.807) is 0 Å². The summed E-state index contributed by atoms with van der Waals surface area (Å²) in [6.45, 7) is 0.779. The van der Waals surface area contributed by atoms with Gasteiger partial charge in [-0.25, -0.2) is 13.4 Å². The number of anilines is 2. The molecule has 0 saturated carbocycles. The molecule has 0 fully saturated rings. The zero-order chi connectivity index (χ0) is 18.0. The van der Waals surface area contributed by atoms with E-state index in [0.29, 0.717) is 5.82 Å². The number of sulfonamides is 1. The summed E-state index contributed by atoms with van der Waals surface area (Å²) in [5, 5.41) is 0.0705. The molecule has 0 spiro atoms. The Morgan fingerprint density at radius 3 is 2.80 bits per heavy atom. The third kappa shape index (κ3) is 3.65. The van der Waals surface area contributed by atoms with Crippen molar-refractivity contribution in [2.24, 2.45) is 0 Å². The molecule has 1 aliphatic rings. The van der Waals surface area contributed by atoms with Crippen LogP contribution in [0.5, 0.6) is 5.88 Å². The monoisotopic (exact) mass is 400 g/mol. The van der Waals surface area contributed by atoms with Gasteiger partial charge in [-0.05, 0) is 18.6 Å². The van der Waals surface area contributed by atoms with Gasteiger partial charge in [-0.15, -0.1) is 0 Å². The van der Waals surface area contributed by atoms with Crippen LogP contribution in [0.4, 0.5) is 11.6 Å². The number of rotatable bonds is 5. The van der Waals surface area contributed by atoms with Crippen LogP contribution in [0.2, 0.25) is 10.0 Å². The fourth-order valence-electron chi connectivity index (χ4n) is 2.27. The van der Waals surface area contributed by atoms with Crippen LogP contribution in [-0.4, -0.2) is 32.0 Å². The molecule has 1 aromatic carbocycles. The Kier molecular flexibility index (Phi) is 5.03. The summed E-state index contributed by atoms with van der Waals surface area (Å²) < 4.78 is 32.7. The summed E-state index contributed by atoms with van der Waals surface area (Å²) >= 11 is 11.9. The predicted octanol–water partition coefficient (Wildman–Crippen LogP) is 3.32. The van der Waals surface area contributed by atoms with E-state index in [9.17, 15) is 8.42 Å². The Balaban J connectivity index is 1.94. The van der Waals surface area contributed by atoms with Gasteiger partial charge < -0.3 is 9.64 Å². The number of aromatic nitrogens is 2. The molecule has 0 radical (unpaired) electrons. The van der Waals surface area contributed by atoms with Crippen molar-refractivity contribution in [1.82, 2.24) is 9.97 Å². The largest absolute Gasteiger partial charge is 0.478 e. The Hall–Kier alpha value is -2.03. The van der Waals surface area contributed by atoms with Gasteiger partial charge in [0.25, 0.3) is 15.9 Å². The lowest BCUT2D eigenvalue weighted by Crippen LogP contribution is -2.18. The molecule has 1 aromatic heterocycles. The molecule has 0 saturated heterocycles. The van der Waals surface area contributed by atoms with E-state index < -0.39 is 10.0 Å². The molecule has 0 unspecified atom stereocenters. The molecule has 10 heteroatoms. The number of halogens is 2. The fourth-order valence-corrected chi connectivity index (χ4v) is 4.04. The van der Waals surface area contributed by atoms with Gasteiger partial charge in [-0.3, -0.25) is 4.72 Å². The molecular formula is C15H14Cl2N4O3S. The third-order valence-corrected chi connectivity index (χ3v) is 5.79. The molecule has 2 aromatic rings. The fraction of sp³-hybridized carbons (Fsp3) is 0.200. The SMILES string of the molecule is COc1nc(N2C=CCC2)cnc1NS(=O)(=O)c1cccc(Cl)c1Cl. The average molecular weight is 401 g/mol. The predicted molar refractivity (Wildman–Crippen MR) is 97.0 cm³/mol. The second kappa shape index (κ2) is 7.07. The van der Waals surface area contributed by atoms with Crippen LogP contribution in [-0.2, 0) is 10.0 Å². The van der Waals surface area contributed by atoms with E-state index in [1.165, 1.54) is 31.5 Å². The maximum absolute atomic E-state index is 12.6. The standard InChI is InChI=1S/C15H14Cl2N4O3S/c1-24-15-14(18-9-12(19-15)21-7-2-3-8-21)20-25(22,23)11-6-4-5-10(16)13(11)17/h2,4-7,9H,3,8H2,1H3,(H,18,20). The molecule has 1 N–H and O–H groups in total. The van der Waals surface area contributed by atoms with Crippen molar-refractivity contribution >= 4 is 44.9 Å². The first-order chi connectivity index (χ1) is 11.9. The van der Waals surface area contributed by atoms with Crippen LogP contribution in [0.3, 0.4) is 0 Å². The first kappa shape index (κ1) is 17.8. The normalized spacial score (nSPS) is 14.0. The number of hydrogen-bond acceptors (Lipinski definition) is 6. The van der Waals surface area contributed by atoms with Gasteiger partial charge in [-0.1, -0.05) is 35.3 Å². The summed E-state index contributed by atoms with van der Waals surface area (Å²) in [7, 11) is -2.62. The van der Waals surface area contributed by atoms with Gasteiger partial charge in [-0.2, -0.15) is 4.98 Å². The Morgan fingerprint density at radius 2 is 2.12 bits per heavy atom. The second-order valence-corrected chi connectivity index (χ2v) is 7.55. The number of hydrogen-bond donors (Lipinski definition) is 1. The van der Waals surface area contributed by atoms with E-state index in [4.69, 9.17) is 27.9 Å². The highest BCUT2D eigenvalue weighted by molar-refractivity contribution is 7.92. The van der Waals surface area contributed by atoms with Crippen LogP contribution >= 0.6 is 23.2 Å². The van der Waals surface area contributed by atoms with Crippen LogP contribution in [0, 0.1) is 0 Å². The molecule has 7 nitrogen and oxygen atoms in total. The van der Waals surface area contributed by atoms with Crippen molar-refractivity contribution in [3.05, 3.63) is 46.7 Å². The molecule has 0 bridgehead atoms. The van der Waals surface area contributed by atoms with Crippen molar-refractivity contribution in [3.63, 3.8) is 0 Å². The van der Waals surface area contributed by atoms with E-state index in [2.05, 4.69) is 14.7 Å². The average Bonchev–Trinajstić information content (AvgIpc) is 3.11. The molecule has 0 atom stereocenters. The molecule has 0 amide bonds. The summed E-state index contributed by atoms with van der Waals surface area (Å²) in [6, 6.07) is 4.34. The van der Waals surface area contributed by atoms with Crippen LogP contribution in [0.25, 0.3) is 0 Å². The molecule has 25 heavy (non-hydrogen) atoms. The van der Waals surface area contributed by atoms with Crippen molar-refractivity contribution in [2.75, 3.05) is 23.3 Å². The van der Waals surface area contributed by atoms with E-state index in [0.717, 1.165) is 13.0 Å². The zero-order valence-electron chi connectivity index (χ0n) is 13.1. The lowest BCUT2D eigenvalue weighted by atomic mass is 10.4. The van der Waals surface area contributed by atoms with Crippen LogP contribution in [0.15, 0.2) is 41.6 Å². The topological polar surface area (TPSA) is 84.4 Å². The molecule has 0 aliphatic carbocycles. The highest BCUT2D eigenvalue weighted by Gasteiger charge is 2.23. The maximum atomic E-state index is 12.6. The Labute approximate surface area is 155 Å². The van der Waals surface area contributed by atoms with Gasteiger partial charge in [0, 0.05) is 12.7 Å². The molecule has 1 aliphatic heterocycles. The number of nitrogens with one attached hydrogen (secondary N) is 1. The van der Waals surface area contributed by atoms with Crippen LogP contribution < -0.4 is 14.4 Å². The summed E-state index contributed by atoms with van der Waals surface area (Å²) in [4.78, 5) is 10.2. The second-order valence-electron chi connectivity index (χ2n) is 5.11. The maximum Gasteiger partial charge on any atom is 0.264 e.